The molecule has 0 aliphatic rings. The van der Waals surface area contributed by atoms with Crippen LogP contribution in [-0.4, -0.2) is 24.6 Å². The van der Waals surface area contributed by atoms with Crippen molar-refractivity contribution in [2.75, 3.05) is 19.5 Å². The summed E-state index contributed by atoms with van der Waals surface area (Å²) in [5, 5.41) is 0.515. The molecule has 0 radical (unpaired) electrons. The fourth-order valence-corrected chi connectivity index (χ4v) is 2.40. The first kappa shape index (κ1) is 16.2. The summed E-state index contributed by atoms with van der Waals surface area (Å²) < 4.78 is 10.8. The minimum atomic E-state index is 0.515. The topological polar surface area (TPSA) is 56.8 Å². The lowest BCUT2D eigenvalue weighted by atomic mass is 10.2. The molecule has 116 valence electrons. The second kappa shape index (κ2) is 8.34. The molecule has 0 fully saturated rings. The Morgan fingerprint density at radius 1 is 1.14 bits per heavy atom. The highest BCUT2D eigenvalue weighted by molar-refractivity contribution is 8.13. The van der Waals surface area contributed by atoms with E-state index < -0.39 is 0 Å². The fraction of sp³-hybridized carbons (Fsp3) is 0.235. The number of ether oxygens (including phenoxy) is 2. The van der Waals surface area contributed by atoms with Crippen molar-refractivity contribution in [2.24, 2.45) is 10.7 Å². The number of hydrogen-bond acceptors (Lipinski definition) is 4. The zero-order chi connectivity index (χ0) is 15.8. The van der Waals surface area contributed by atoms with Crippen molar-refractivity contribution in [1.29, 1.82) is 0 Å². The molecule has 2 aromatic rings. The van der Waals surface area contributed by atoms with E-state index in [1.54, 1.807) is 7.11 Å². The van der Waals surface area contributed by atoms with Gasteiger partial charge >= 0.3 is 0 Å². The minimum absolute atomic E-state index is 0.515. The second-order valence-corrected chi connectivity index (χ2v) is 5.78. The van der Waals surface area contributed by atoms with Gasteiger partial charge in [-0.3, -0.25) is 0 Å². The average molecular weight is 316 g/mol. The lowest BCUT2D eigenvalue weighted by Crippen LogP contribution is -2.10. The second-order valence-electron chi connectivity index (χ2n) is 4.66. The van der Waals surface area contributed by atoms with Gasteiger partial charge in [-0.05, 0) is 36.8 Å². The number of methoxy groups -OCH3 is 1. The number of amidine groups is 1. The Labute approximate surface area is 135 Å². The van der Waals surface area contributed by atoms with Crippen LogP contribution in [0.1, 0.15) is 5.56 Å². The number of nitrogens with two attached hydrogens (primary N) is 1. The van der Waals surface area contributed by atoms with Crippen molar-refractivity contribution in [3.8, 4) is 11.5 Å². The number of rotatable bonds is 6. The number of thioether (sulfide) groups is 1. The predicted octanol–water partition coefficient (Wildman–Crippen LogP) is 3.76. The molecule has 5 heteroatoms. The molecule has 0 aliphatic carbocycles. The Morgan fingerprint density at radius 2 is 1.91 bits per heavy atom. The molecule has 0 heterocycles. The molecule has 0 aliphatic heterocycles. The van der Waals surface area contributed by atoms with Gasteiger partial charge in [-0.25, -0.2) is 4.99 Å². The predicted molar refractivity (Wildman–Crippen MR) is 93.4 cm³/mol. The SMILES string of the molecule is COc1cccc(N=C(N)SCCOc2cccc(C)c2)c1. The van der Waals surface area contributed by atoms with E-state index in [9.17, 15) is 0 Å². The van der Waals surface area contributed by atoms with Gasteiger partial charge in [-0.15, -0.1) is 0 Å². The highest BCUT2D eigenvalue weighted by Crippen LogP contribution is 2.20. The molecule has 0 bridgehead atoms. The summed E-state index contributed by atoms with van der Waals surface area (Å²) >= 11 is 1.47. The largest absolute Gasteiger partial charge is 0.497 e. The third kappa shape index (κ3) is 5.33. The van der Waals surface area contributed by atoms with Gasteiger partial charge in [0.25, 0.3) is 0 Å². The van der Waals surface area contributed by atoms with Gasteiger partial charge in [0, 0.05) is 11.8 Å². The highest BCUT2D eigenvalue weighted by Gasteiger charge is 1.99. The molecule has 0 saturated heterocycles. The van der Waals surface area contributed by atoms with E-state index in [0.717, 1.165) is 22.9 Å². The summed E-state index contributed by atoms with van der Waals surface area (Å²) in [5.74, 6) is 2.39. The summed E-state index contributed by atoms with van der Waals surface area (Å²) in [5.41, 5.74) is 7.88. The van der Waals surface area contributed by atoms with Crippen LogP contribution in [-0.2, 0) is 0 Å². The summed E-state index contributed by atoms with van der Waals surface area (Å²) in [4.78, 5) is 4.35. The smallest absolute Gasteiger partial charge is 0.159 e. The van der Waals surface area contributed by atoms with Gasteiger partial charge in [-0.1, -0.05) is 30.0 Å². The molecule has 4 nitrogen and oxygen atoms in total. The zero-order valence-corrected chi connectivity index (χ0v) is 13.6. The third-order valence-corrected chi connectivity index (χ3v) is 3.64. The maximum absolute atomic E-state index is 5.92. The Morgan fingerprint density at radius 3 is 2.68 bits per heavy atom. The van der Waals surface area contributed by atoms with Crippen LogP contribution in [0.4, 0.5) is 5.69 Å². The molecule has 2 N–H and O–H groups in total. The Hall–Kier alpha value is -2.14. The van der Waals surface area contributed by atoms with Gasteiger partial charge in [0.2, 0.25) is 0 Å². The quantitative estimate of drug-likeness (QED) is 0.501. The summed E-state index contributed by atoms with van der Waals surface area (Å²) in [6.45, 7) is 2.63. The van der Waals surface area contributed by atoms with Crippen LogP contribution in [0, 0.1) is 6.92 Å². The normalized spacial score (nSPS) is 11.3. The van der Waals surface area contributed by atoms with E-state index in [1.807, 2.05) is 55.5 Å². The van der Waals surface area contributed by atoms with Crippen molar-refractivity contribution in [3.05, 3.63) is 54.1 Å². The van der Waals surface area contributed by atoms with Crippen LogP contribution in [0.2, 0.25) is 0 Å². The lowest BCUT2D eigenvalue weighted by Gasteiger charge is -2.06. The number of nitrogens with zero attached hydrogens (tertiary/aromatic N) is 1. The minimum Gasteiger partial charge on any atom is -0.497 e. The van der Waals surface area contributed by atoms with E-state index in [-0.39, 0.29) is 0 Å². The molecule has 0 aromatic heterocycles. The van der Waals surface area contributed by atoms with Crippen molar-refractivity contribution < 1.29 is 9.47 Å². The van der Waals surface area contributed by atoms with E-state index in [0.29, 0.717) is 11.8 Å². The van der Waals surface area contributed by atoms with E-state index in [1.165, 1.54) is 17.3 Å². The van der Waals surface area contributed by atoms with Crippen LogP contribution in [0.5, 0.6) is 11.5 Å². The monoisotopic (exact) mass is 316 g/mol. The Bertz CT molecular complexity index is 644. The maximum atomic E-state index is 5.92. The summed E-state index contributed by atoms with van der Waals surface area (Å²) in [6, 6.07) is 15.5. The number of hydrogen-bond donors (Lipinski definition) is 1. The van der Waals surface area contributed by atoms with Crippen LogP contribution in [0.15, 0.2) is 53.5 Å². The third-order valence-electron chi connectivity index (χ3n) is 2.88. The Balaban J connectivity index is 1.79. The van der Waals surface area contributed by atoms with E-state index in [2.05, 4.69) is 4.99 Å². The molecule has 0 spiro atoms. The number of aryl methyl sites for hydroxylation is 1. The van der Waals surface area contributed by atoms with Gasteiger partial charge in [0.1, 0.15) is 11.5 Å². The van der Waals surface area contributed by atoms with Gasteiger partial charge in [-0.2, -0.15) is 0 Å². The molecular formula is C17H20N2O2S. The van der Waals surface area contributed by atoms with Gasteiger partial charge in [0.15, 0.2) is 5.17 Å². The number of aliphatic imine (C=N–C) groups is 1. The molecular weight excluding hydrogens is 296 g/mol. The van der Waals surface area contributed by atoms with Gasteiger partial charge in [0.05, 0.1) is 19.4 Å². The van der Waals surface area contributed by atoms with Gasteiger partial charge < -0.3 is 15.2 Å². The molecule has 0 unspecified atom stereocenters. The summed E-state index contributed by atoms with van der Waals surface area (Å²) in [6.07, 6.45) is 0. The molecule has 0 saturated carbocycles. The van der Waals surface area contributed by atoms with E-state index in [4.69, 9.17) is 15.2 Å². The summed E-state index contributed by atoms with van der Waals surface area (Å²) in [7, 11) is 1.63. The van der Waals surface area contributed by atoms with Crippen LogP contribution >= 0.6 is 11.8 Å². The van der Waals surface area contributed by atoms with Crippen molar-refractivity contribution in [2.45, 2.75) is 6.92 Å². The van der Waals surface area contributed by atoms with Crippen molar-refractivity contribution >= 4 is 22.6 Å². The maximum Gasteiger partial charge on any atom is 0.159 e. The van der Waals surface area contributed by atoms with Crippen molar-refractivity contribution in [3.63, 3.8) is 0 Å². The number of benzene rings is 2. The first-order chi connectivity index (χ1) is 10.7. The lowest BCUT2D eigenvalue weighted by molar-refractivity contribution is 0.344. The molecule has 22 heavy (non-hydrogen) atoms. The highest BCUT2D eigenvalue weighted by atomic mass is 32.2. The first-order valence-corrected chi connectivity index (χ1v) is 7.96. The van der Waals surface area contributed by atoms with Crippen LogP contribution < -0.4 is 15.2 Å². The standard InChI is InChI=1S/C17H20N2O2S/c1-13-5-3-8-16(11-13)21-9-10-22-17(18)19-14-6-4-7-15(12-14)20-2/h3-8,11-12H,9-10H2,1-2H3,(H2,18,19). The zero-order valence-electron chi connectivity index (χ0n) is 12.8. The van der Waals surface area contributed by atoms with Crippen LogP contribution in [0.25, 0.3) is 0 Å². The molecule has 2 rings (SSSR count). The molecule has 2 aromatic carbocycles. The van der Waals surface area contributed by atoms with Crippen molar-refractivity contribution in [1.82, 2.24) is 0 Å². The average Bonchev–Trinajstić information content (AvgIpc) is 2.52. The Kier molecular flexibility index (Phi) is 6.15. The molecule has 0 amide bonds. The van der Waals surface area contributed by atoms with E-state index >= 15 is 0 Å². The molecule has 0 atom stereocenters. The fourth-order valence-electron chi connectivity index (χ4n) is 1.85. The first-order valence-electron chi connectivity index (χ1n) is 6.98. The van der Waals surface area contributed by atoms with Crippen LogP contribution in [0.3, 0.4) is 0 Å².